The lowest BCUT2D eigenvalue weighted by atomic mass is 9.88. The molecule has 2 aliphatic heterocycles. The van der Waals surface area contributed by atoms with Crippen molar-refractivity contribution in [1.29, 1.82) is 0 Å². The van der Waals surface area contributed by atoms with Crippen LogP contribution < -0.4 is 0 Å². The summed E-state index contributed by atoms with van der Waals surface area (Å²) in [5, 5.41) is 0. The largest absolute Gasteiger partial charge is 0.444 e. The molecule has 0 unspecified atom stereocenters. The number of nitrogens with one attached hydrogen (secondary N) is 1. The molecule has 6 nitrogen and oxygen atoms in total. The third kappa shape index (κ3) is 4.93. The van der Waals surface area contributed by atoms with Crippen molar-refractivity contribution >= 4 is 17.4 Å². The number of rotatable bonds is 5. The van der Waals surface area contributed by atoms with E-state index in [1.165, 1.54) is 65.8 Å². The van der Waals surface area contributed by atoms with E-state index in [2.05, 4.69) is 53.5 Å². The molecule has 4 fully saturated rings. The van der Waals surface area contributed by atoms with Crippen LogP contribution in [0.5, 0.6) is 0 Å². The van der Waals surface area contributed by atoms with Gasteiger partial charge in [0.05, 0.1) is 17.9 Å². The van der Waals surface area contributed by atoms with Gasteiger partial charge in [-0.2, -0.15) is 0 Å². The van der Waals surface area contributed by atoms with Gasteiger partial charge in [0.15, 0.2) is 0 Å². The van der Waals surface area contributed by atoms with Crippen molar-refractivity contribution in [3.8, 4) is 22.4 Å². The summed E-state index contributed by atoms with van der Waals surface area (Å²) in [6, 6.07) is 18.0. The van der Waals surface area contributed by atoms with Crippen molar-refractivity contribution in [1.82, 2.24) is 14.9 Å². The Morgan fingerprint density at radius 2 is 1.56 bits per heavy atom. The lowest BCUT2D eigenvalue weighted by Gasteiger charge is -2.36. The summed E-state index contributed by atoms with van der Waals surface area (Å²) in [6.45, 7) is 5.81. The average Bonchev–Trinajstić information content (AvgIpc) is 3.85. The number of aromatic nitrogens is 2. The smallest absolute Gasteiger partial charge is 0.411 e. The molecule has 222 valence electrons. The highest BCUT2D eigenvalue weighted by atomic mass is 16.6. The molecule has 4 bridgehead atoms. The van der Waals surface area contributed by atoms with E-state index in [1.807, 2.05) is 38.1 Å². The second-order valence-corrected chi connectivity index (χ2v) is 14.6. The van der Waals surface area contributed by atoms with Crippen LogP contribution >= 0.6 is 0 Å². The van der Waals surface area contributed by atoms with E-state index in [0.717, 1.165) is 42.5 Å². The highest BCUT2D eigenvalue weighted by molar-refractivity contribution is 6.03. The molecule has 2 aromatic carbocycles. The molecule has 1 N–H and O–H groups in total. The van der Waals surface area contributed by atoms with Crippen molar-refractivity contribution < 1.29 is 9.53 Å². The fourth-order valence-corrected chi connectivity index (χ4v) is 8.77. The van der Waals surface area contributed by atoms with Gasteiger partial charge in [-0.25, -0.2) is 9.78 Å². The van der Waals surface area contributed by atoms with E-state index < -0.39 is 5.60 Å². The molecule has 1 aromatic heterocycles. The maximum atomic E-state index is 13.2. The molecule has 43 heavy (non-hydrogen) atoms. The van der Waals surface area contributed by atoms with Gasteiger partial charge in [0.25, 0.3) is 0 Å². The fraction of sp³-hybridized carbons (Fsp3) is 0.486. The summed E-state index contributed by atoms with van der Waals surface area (Å²) in [6.07, 6.45) is 13.4. The van der Waals surface area contributed by atoms with Gasteiger partial charge in [0, 0.05) is 30.3 Å². The molecular weight excluding hydrogens is 532 g/mol. The number of nitrogens with zero attached hydrogens (tertiary/aromatic N) is 3. The first kappa shape index (κ1) is 26.9. The molecule has 3 aliphatic carbocycles. The number of imidazole rings is 1. The lowest BCUT2D eigenvalue weighted by Crippen LogP contribution is -2.50. The van der Waals surface area contributed by atoms with Crippen molar-refractivity contribution in [2.75, 3.05) is 0 Å². The van der Waals surface area contributed by atoms with Gasteiger partial charge in [-0.1, -0.05) is 55.0 Å². The van der Waals surface area contributed by atoms with E-state index in [4.69, 9.17) is 14.7 Å². The van der Waals surface area contributed by atoms with Gasteiger partial charge in [-0.05, 0) is 105 Å². The first-order chi connectivity index (χ1) is 20.8. The van der Waals surface area contributed by atoms with Gasteiger partial charge in [0.1, 0.15) is 11.4 Å². The minimum Gasteiger partial charge on any atom is -0.444 e. The van der Waals surface area contributed by atoms with Crippen molar-refractivity contribution in [2.24, 2.45) is 22.7 Å². The maximum absolute atomic E-state index is 13.2. The Hall–Kier alpha value is -3.67. The number of piperidine rings is 1. The van der Waals surface area contributed by atoms with Gasteiger partial charge in [-0.3, -0.25) is 9.89 Å². The number of fused-ring (bicyclic) bond motifs is 4. The number of H-pyrrole nitrogens is 1. The monoisotopic (exact) mass is 574 g/mol. The van der Waals surface area contributed by atoms with E-state index >= 15 is 0 Å². The van der Waals surface area contributed by atoms with E-state index in [0.29, 0.717) is 11.8 Å². The zero-order valence-corrected chi connectivity index (χ0v) is 25.6. The predicted molar refractivity (Wildman–Crippen MR) is 171 cm³/mol. The molecule has 6 heteroatoms. The Kier molecular flexibility index (Phi) is 6.39. The Morgan fingerprint density at radius 1 is 0.860 bits per heavy atom. The Morgan fingerprint density at radius 3 is 2.23 bits per heavy atom. The topological polar surface area (TPSA) is 70.6 Å². The molecule has 3 saturated carbocycles. The third-order valence-electron chi connectivity index (χ3n) is 10.8. The number of allylic oxidation sites excluding steroid dienone is 1. The van der Waals surface area contributed by atoms with E-state index in [1.54, 1.807) is 0 Å². The van der Waals surface area contributed by atoms with Gasteiger partial charge in [0.2, 0.25) is 0 Å². The molecular formula is C37H42N4O2. The lowest BCUT2D eigenvalue weighted by molar-refractivity contribution is 0.0142. The Bertz CT molecular complexity index is 1590. The van der Waals surface area contributed by atoms with Crippen LogP contribution in [0.15, 0.2) is 65.9 Å². The van der Waals surface area contributed by atoms with Crippen LogP contribution in [0.25, 0.3) is 28.0 Å². The molecule has 8 rings (SSSR count). The van der Waals surface area contributed by atoms with E-state index in [9.17, 15) is 4.79 Å². The number of benzene rings is 2. The predicted octanol–water partition coefficient (Wildman–Crippen LogP) is 8.62. The summed E-state index contributed by atoms with van der Waals surface area (Å²) < 4.78 is 5.80. The summed E-state index contributed by atoms with van der Waals surface area (Å²) in [4.78, 5) is 28.5. The van der Waals surface area contributed by atoms with Crippen LogP contribution in [0.1, 0.15) is 89.4 Å². The van der Waals surface area contributed by atoms with Crippen LogP contribution in [0.2, 0.25) is 0 Å². The summed E-state index contributed by atoms with van der Waals surface area (Å²) in [5.74, 6) is 4.05. The first-order valence-electron chi connectivity index (χ1n) is 16.3. The second-order valence-electron chi connectivity index (χ2n) is 14.6. The zero-order valence-electron chi connectivity index (χ0n) is 25.6. The standard InChI is InChI=1S/C37H42N4O2/c1-37(2,3)43-36(42)41-30-15-14-28(18-30)34(41)32-19-29(20-38-32)25-8-6-23(7-9-25)24-10-12-26(13-11-24)33-21-39-35(40-33)31-17-22-4-5-27(31)16-22/h6-13,20-22,27-28,30-31,34H,4-5,14-19H2,1-3H3,(H,39,40)/t22-,27+,28+,30-,31+,34+/m1/s1. The van der Waals surface area contributed by atoms with Crippen LogP contribution in [0.4, 0.5) is 4.79 Å². The SMILES string of the molecule is CC(C)(C)OC(=O)N1[C@@H]2CC[C@@H](C2)[C@H]1C1=NC=C(c2ccc(-c3ccc(-c4cnc([C@H]5C[C@@H]6CC[C@H]5C6)[nH]4)cc3)cc2)C1. The number of ether oxygens (including phenoxy) is 1. The number of hydrogen-bond donors (Lipinski definition) is 1. The van der Waals surface area contributed by atoms with Crippen molar-refractivity contribution in [3.05, 3.63) is 72.3 Å². The van der Waals surface area contributed by atoms with E-state index in [-0.39, 0.29) is 18.2 Å². The number of amides is 1. The molecule has 0 spiro atoms. The highest BCUT2D eigenvalue weighted by Crippen LogP contribution is 2.52. The number of carbonyl (C=O) groups excluding carboxylic acids is 1. The van der Waals surface area contributed by atoms with Gasteiger partial charge in [-0.15, -0.1) is 0 Å². The molecule has 3 aromatic rings. The fourth-order valence-electron chi connectivity index (χ4n) is 8.77. The molecule has 6 atom stereocenters. The first-order valence-corrected chi connectivity index (χ1v) is 16.3. The van der Waals surface area contributed by atoms with Gasteiger partial charge < -0.3 is 9.72 Å². The molecule has 3 heterocycles. The number of likely N-dealkylation sites (tertiary alicyclic amines) is 1. The minimum absolute atomic E-state index is 0.0550. The normalized spacial score (nSPS) is 29.3. The van der Waals surface area contributed by atoms with Crippen LogP contribution in [0, 0.1) is 17.8 Å². The number of carbonyl (C=O) groups is 1. The molecule has 1 saturated heterocycles. The number of aliphatic imine (C=N–C) groups is 1. The summed E-state index contributed by atoms with van der Waals surface area (Å²) in [5.41, 5.74) is 7.72. The quantitative estimate of drug-likeness (QED) is 0.332. The third-order valence-corrected chi connectivity index (χ3v) is 10.8. The molecule has 5 aliphatic rings. The maximum Gasteiger partial charge on any atom is 0.411 e. The summed E-state index contributed by atoms with van der Waals surface area (Å²) in [7, 11) is 0. The van der Waals surface area contributed by atoms with Crippen LogP contribution in [-0.2, 0) is 4.74 Å². The minimum atomic E-state index is -0.496. The highest BCUT2D eigenvalue weighted by Gasteiger charge is 2.51. The Labute approximate surface area is 254 Å². The molecule has 1 amide bonds. The molecule has 0 radical (unpaired) electrons. The van der Waals surface area contributed by atoms with Crippen LogP contribution in [0.3, 0.4) is 0 Å². The van der Waals surface area contributed by atoms with Crippen molar-refractivity contribution in [2.45, 2.75) is 95.7 Å². The zero-order chi connectivity index (χ0) is 29.3. The Balaban J connectivity index is 0.924. The average molecular weight is 575 g/mol. The van der Waals surface area contributed by atoms with Gasteiger partial charge >= 0.3 is 6.09 Å². The summed E-state index contributed by atoms with van der Waals surface area (Å²) >= 11 is 0. The number of hydrogen-bond acceptors (Lipinski definition) is 4. The van der Waals surface area contributed by atoms with Crippen LogP contribution in [-0.4, -0.2) is 44.4 Å². The second kappa shape index (κ2) is 10.2. The number of aromatic amines is 1. The van der Waals surface area contributed by atoms with Crippen molar-refractivity contribution in [3.63, 3.8) is 0 Å².